The Kier molecular flexibility index (Phi) is 12.0. The van der Waals surface area contributed by atoms with Crippen LogP contribution >= 0.6 is 23.1 Å². The van der Waals surface area contributed by atoms with E-state index in [1.807, 2.05) is 30.3 Å². The number of rotatable bonds is 14. The summed E-state index contributed by atoms with van der Waals surface area (Å²) in [6, 6.07) is 38.7. The average molecular weight is 742 g/mol. The van der Waals surface area contributed by atoms with Crippen molar-refractivity contribution in [1.29, 1.82) is 0 Å². The molecule has 0 saturated carbocycles. The lowest BCUT2D eigenvalue weighted by atomic mass is 10.1. The summed E-state index contributed by atoms with van der Waals surface area (Å²) >= 11 is 2.52. The summed E-state index contributed by atoms with van der Waals surface area (Å²) < 4.78 is 5.88. The van der Waals surface area contributed by atoms with Crippen LogP contribution in [0, 0.1) is 10.1 Å². The van der Waals surface area contributed by atoms with Gasteiger partial charge in [0.25, 0.3) is 17.5 Å². The molecule has 0 atom stereocenters. The van der Waals surface area contributed by atoms with Crippen LogP contribution in [0.1, 0.15) is 21.5 Å². The van der Waals surface area contributed by atoms with Gasteiger partial charge in [-0.15, -0.1) is 23.1 Å². The number of non-ortho nitro benzene ring substituents is 1. The van der Waals surface area contributed by atoms with Crippen molar-refractivity contribution < 1.29 is 24.0 Å². The van der Waals surface area contributed by atoms with E-state index in [1.54, 1.807) is 102 Å². The van der Waals surface area contributed by atoms with Crippen LogP contribution in [0.25, 0.3) is 17.3 Å². The molecule has 0 aliphatic heterocycles. The van der Waals surface area contributed by atoms with Crippen LogP contribution in [0.5, 0.6) is 5.75 Å². The average Bonchev–Trinajstić information content (AvgIpc) is 3.66. The van der Waals surface area contributed by atoms with E-state index < -0.39 is 16.7 Å². The van der Waals surface area contributed by atoms with Crippen LogP contribution in [0.2, 0.25) is 0 Å². The van der Waals surface area contributed by atoms with E-state index in [4.69, 9.17) is 4.74 Å². The Balaban J connectivity index is 1.06. The number of benzene rings is 5. The monoisotopic (exact) mass is 741 g/mol. The second-order valence-corrected chi connectivity index (χ2v) is 13.3. The van der Waals surface area contributed by atoms with Gasteiger partial charge in [0.05, 0.1) is 16.4 Å². The predicted octanol–water partition coefficient (Wildman–Crippen LogP) is 8.44. The summed E-state index contributed by atoms with van der Waals surface area (Å²) in [5, 5.41) is 21.6. The molecule has 1 heterocycles. The Hall–Kier alpha value is -6.57. The molecule has 6 rings (SSSR count). The molecule has 5 aromatic carbocycles. The molecule has 264 valence electrons. The highest BCUT2D eigenvalue weighted by Gasteiger charge is 2.16. The molecule has 11 nitrogen and oxygen atoms in total. The minimum Gasteiger partial charge on any atom is -0.489 e. The van der Waals surface area contributed by atoms with Gasteiger partial charge in [-0.25, -0.2) is 4.98 Å². The Morgan fingerprint density at radius 1 is 0.830 bits per heavy atom. The van der Waals surface area contributed by atoms with E-state index in [2.05, 4.69) is 20.9 Å². The molecular weight excluding hydrogens is 711 g/mol. The molecule has 13 heteroatoms. The Bertz CT molecular complexity index is 2240. The molecular formula is C40H31N5O6S2. The lowest BCUT2D eigenvalue weighted by Crippen LogP contribution is -2.30. The number of aromatic nitrogens is 1. The number of carbonyl (C=O) groups is 3. The first-order chi connectivity index (χ1) is 25.8. The van der Waals surface area contributed by atoms with Crippen LogP contribution in [-0.4, -0.2) is 33.4 Å². The smallest absolute Gasteiger partial charge is 0.272 e. The molecule has 53 heavy (non-hydrogen) atoms. The third-order valence-electron chi connectivity index (χ3n) is 7.55. The van der Waals surface area contributed by atoms with Crippen LogP contribution in [0.4, 0.5) is 16.5 Å². The molecule has 3 N–H and O–H groups in total. The van der Waals surface area contributed by atoms with Crippen molar-refractivity contribution in [2.75, 3.05) is 16.4 Å². The van der Waals surface area contributed by atoms with Gasteiger partial charge in [0.1, 0.15) is 18.1 Å². The van der Waals surface area contributed by atoms with Gasteiger partial charge in [0.15, 0.2) is 5.13 Å². The maximum atomic E-state index is 13.5. The molecule has 3 amide bonds. The number of hydrogen-bond donors (Lipinski definition) is 3. The number of nitrogens with one attached hydrogen (secondary N) is 3. The van der Waals surface area contributed by atoms with E-state index in [0.717, 1.165) is 10.5 Å². The largest absolute Gasteiger partial charge is 0.489 e. The number of thioether (sulfide) groups is 1. The van der Waals surface area contributed by atoms with Gasteiger partial charge in [0, 0.05) is 39.2 Å². The summed E-state index contributed by atoms with van der Waals surface area (Å²) in [4.78, 5) is 55.0. The lowest BCUT2D eigenvalue weighted by molar-refractivity contribution is -0.384. The number of carbonyl (C=O) groups excluding carboxylic acids is 3. The van der Waals surface area contributed by atoms with E-state index >= 15 is 0 Å². The minimum absolute atomic E-state index is 0.0400. The fourth-order valence-corrected chi connectivity index (χ4v) is 6.32. The summed E-state index contributed by atoms with van der Waals surface area (Å²) in [6.45, 7) is 0.418. The maximum absolute atomic E-state index is 13.5. The van der Waals surface area contributed by atoms with Gasteiger partial charge >= 0.3 is 0 Å². The Morgan fingerprint density at radius 2 is 1.55 bits per heavy atom. The number of nitro groups is 1. The maximum Gasteiger partial charge on any atom is 0.272 e. The number of anilines is 2. The summed E-state index contributed by atoms with van der Waals surface area (Å²) in [7, 11) is 0. The van der Waals surface area contributed by atoms with Crippen molar-refractivity contribution in [3.8, 4) is 17.0 Å². The van der Waals surface area contributed by atoms with Crippen molar-refractivity contribution >= 4 is 63.4 Å². The summed E-state index contributed by atoms with van der Waals surface area (Å²) in [5.74, 6) is -0.459. The molecule has 0 bridgehead atoms. The van der Waals surface area contributed by atoms with Crippen LogP contribution in [0.3, 0.4) is 0 Å². The van der Waals surface area contributed by atoms with Crippen LogP contribution < -0.4 is 20.7 Å². The van der Waals surface area contributed by atoms with Gasteiger partial charge in [-0.3, -0.25) is 24.5 Å². The third kappa shape index (κ3) is 10.5. The normalized spacial score (nSPS) is 11.0. The van der Waals surface area contributed by atoms with E-state index in [9.17, 15) is 24.5 Å². The van der Waals surface area contributed by atoms with Crippen LogP contribution in [-0.2, 0) is 16.2 Å². The number of hydrogen-bond acceptors (Lipinski definition) is 9. The fourth-order valence-electron chi connectivity index (χ4n) is 4.89. The number of nitrogens with zero attached hydrogens (tertiary/aromatic N) is 2. The summed E-state index contributed by atoms with van der Waals surface area (Å²) in [6.07, 6.45) is 1.59. The molecule has 0 unspecified atom stereocenters. The first kappa shape index (κ1) is 36.2. The molecule has 1 aromatic heterocycles. The highest BCUT2D eigenvalue weighted by atomic mass is 32.2. The predicted molar refractivity (Wildman–Crippen MR) is 208 cm³/mol. The zero-order chi connectivity index (χ0) is 37.0. The summed E-state index contributed by atoms with van der Waals surface area (Å²) in [5.41, 5.74) is 3.73. The van der Waals surface area contributed by atoms with Gasteiger partial charge in [0.2, 0.25) is 5.91 Å². The van der Waals surface area contributed by atoms with Crippen molar-refractivity contribution in [2.24, 2.45) is 0 Å². The van der Waals surface area contributed by atoms with E-state index in [-0.39, 0.29) is 23.0 Å². The first-order valence-corrected chi connectivity index (χ1v) is 18.0. The zero-order valence-corrected chi connectivity index (χ0v) is 29.6. The van der Waals surface area contributed by atoms with Crippen molar-refractivity contribution in [2.45, 2.75) is 11.5 Å². The van der Waals surface area contributed by atoms with Crippen molar-refractivity contribution in [1.82, 2.24) is 10.3 Å². The van der Waals surface area contributed by atoms with Gasteiger partial charge < -0.3 is 20.7 Å². The molecule has 6 aromatic rings. The minimum atomic E-state index is -0.522. The molecule has 0 saturated heterocycles. The second-order valence-electron chi connectivity index (χ2n) is 11.4. The van der Waals surface area contributed by atoms with Gasteiger partial charge in [-0.1, -0.05) is 72.8 Å². The van der Waals surface area contributed by atoms with Crippen LogP contribution in [0.15, 0.2) is 149 Å². The SMILES string of the molecule is O=C(CSc1ccc(NC(=O)/C(=C/c2ccc(OCc3ccccc3)cc2)NC(=O)c2ccccc2)cc1)Nc1nc(-c2cccc([N+](=O)[O-])c2)cs1. The number of thiazole rings is 1. The fraction of sp³-hybridized carbons (Fsp3) is 0.0500. The van der Waals surface area contributed by atoms with Gasteiger partial charge in [-0.2, -0.15) is 0 Å². The van der Waals surface area contributed by atoms with Crippen molar-refractivity contribution in [3.05, 3.63) is 171 Å². The molecule has 0 aliphatic rings. The number of nitro benzene ring substituents is 1. The Labute approximate surface area is 312 Å². The van der Waals surface area contributed by atoms with E-state index in [1.165, 1.54) is 35.2 Å². The molecule has 0 radical (unpaired) electrons. The van der Waals surface area contributed by atoms with Crippen molar-refractivity contribution in [3.63, 3.8) is 0 Å². The standard InChI is InChI=1S/C40H31N5O6S2/c46-37(44-40-43-36(25-53-40)30-12-7-13-32(23-30)45(49)50)26-52-34-20-16-31(17-21-34)41-39(48)35(42-38(47)29-10-5-2-6-11-29)22-27-14-18-33(19-15-27)51-24-28-8-3-1-4-9-28/h1-23,25H,24,26H2,(H,41,48)(H,42,47)(H,43,44,46)/b35-22-. The highest BCUT2D eigenvalue weighted by molar-refractivity contribution is 8.00. The Morgan fingerprint density at radius 3 is 2.26 bits per heavy atom. The molecule has 0 fully saturated rings. The zero-order valence-electron chi connectivity index (χ0n) is 27.9. The molecule has 0 aliphatic carbocycles. The molecule has 0 spiro atoms. The topological polar surface area (TPSA) is 153 Å². The van der Waals surface area contributed by atoms with E-state index in [0.29, 0.717) is 45.6 Å². The number of amides is 3. The first-order valence-electron chi connectivity index (χ1n) is 16.2. The highest BCUT2D eigenvalue weighted by Crippen LogP contribution is 2.28. The number of ether oxygens (including phenoxy) is 1. The second kappa shape index (κ2) is 17.6. The quantitative estimate of drug-likeness (QED) is 0.0435. The third-order valence-corrected chi connectivity index (χ3v) is 9.32. The van der Waals surface area contributed by atoms with Gasteiger partial charge in [-0.05, 0) is 65.7 Å². The lowest BCUT2D eigenvalue weighted by Gasteiger charge is -2.12.